The first-order chi connectivity index (χ1) is 13.5. The van der Waals surface area contributed by atoms with Gasteiger partial charge in [0.05, 0.1) is 0 Å². The minimum absolute atomic E-state index is 0.0795. The van der Waals surface area contributed by atoms with Gasteiger partial charge in [-0.05, 0) is 78.7 Å². The Labute approximate surface area is 166 Å². The zero-order valence-electron chi connectivity index (χ0n) is 16.8. The molecule has 28 heavy (non-hydrogen) atoms. The van der Waals surface area contributed by atoms with Gasteiger partial charge in [0.2, 0.25) is 0 Å². The van der Waals surface area contributed by atoms with E-state index in [2.05, 4.69) is 6.08 Å². The molecule has 0 atom stereocenters. The molecule has 3 heteroatoms. The number of benzene rings is 2. The minimum atomic E-state index is -0.685. The van der Waals surface area contributed by atoms with Gasteiger partial charge in [0.15, 0.2) is 11.6 Å². The van der Waals surface area contributed by atoms with Crippen molar-refractivity contribution in [3.8, 4) is 0 Å². The van der Waals surface area contributed by atoms with Crippen molar-refractivity contribution < 1.29 is 13.2 Å². The van der Waals surface area contributed by atoms with Gasteiger partial charge in [-0.2, -0.15) is 0 Å². The highest BCUT2D eigenvalue weighted by Gasteiger charge is 2.25. The standard InChI is InChI=1S/C25H29F3/c1-3-5-21-13-10-18(16-23(21)26)7-6-17-8-11-20(12-9-17)22-15-14-19(4-2)24(27)25(22)28/h6-7,10,13-17,20H,3-5,8-9,11-12H2,1-2H3/b7-6+. The second-order valence-electron chi connectivity index (χ2n) is 7.87. The molecule has 0 heterocycles. The van der Waals surface area contributed by atoms with E-state index in [0.29, 0.717) is 23.5 Å². The lowest BCUT2D eigenvalue weighted by Gasteiger charge is -2.27. The summed E-state index contributed by atoms with van der Waals surface area (Å²) in [6.07, 6.45) is 9.89. The largest absolute Gasteiger partial charge is 0.207 e. The number of rotatable bonds is 6. The van der Waals surface area contributed by atoms with E-state index in [-0.39, 0.29) is 11.7 Å². The topological polar surface area (TPSA) is 0 Å². The molecule has 0 N–H and O–H groups in total. The smallest absolute Gasteiger partial charge is 0.162 e. The highest BCUT2D eigenvalue weighted by Crippen LogP contribution is 2.38. The lowest BCUT2D eigenvalue weighted by atomic mass is 9.78. The molecule has 2 aromatic carbocycles. The maximum absolute atomic E-state index is 14.4. The van der Waals surface area contributed by atoms with Crippen molar-refractivity contribution in [1.29, 1.82) is 0 Å². The summed E-state index contributed by atoms with van der Waals surface area (Å²) in [4.78, 5) is 0. The SMILES string of the molecule is CCCc1ccc(/C=C/C2CCC(c3ccc(CC)c(F)c3F)CC2)cc1F. The van der Waals surface area contributed by atoms with Crippen molar-refractivity contribution in [1.82, 2.24) is 0 Å². The molecule has 0 amide bonds. The maximum Gasteiger partial charge on any atom is 0.162 e. The highest BCUT2D eigenvalue weighted by atomic mass is 19.2. The summed E-state index contributed by atoms with van der Waals surface area (Å²) in [5, 5.41) is 0. The average molecular weight is 387 g/mol. The van der Waals surface area contributed by atoms with Gasteiger partial charge in [-0.3, -0.25) is 0 Å². The van der Waals surface area contributed by atoms with Gasteiger partial charge in [0.1, 0.15) is 5.82 Å². The zero-order chi connectivity index (χ0) is 20.1. The van der Waals surface area contributed by atoms with E-state index in [1.165, 1.54) is 0 Å². The van der Waals surface area contributed by atoms with Crippen LogP contribution >= 0.6 is 0 Å². The van der Waals surface area contributed by atoms with Crippen LogP contribution in [0.3, 0.4) is 0 Å². The van der Waals surface area contributed by atoms with E-state index in [1.54, 1.807) is 18.2 Å². The fraction of sp³-hybridized carbons (Fsp3) is 0.440. The summed E-state index contributed by atoms with van der Waals surface area (Å²) in [6.45, 7) is 3.88. The van der Waals surface area contributed by atoms with E-state index in [0.717, 1.165) is 49.7 Å². The van der Waals surface area contributed by atoms with Crippen molar-refractivity contribution in [2.24, 2.45) is 5.92 Å². The fourth-order valence-electron chi connectivity index (χ4n) is 4.20. The summed E-state index contributed by atoms with van der Waals surface area (Å²) < 4.78 is 42.6. The predicted molar refractivity (Wildman–Crippen MR) is 110 cm³/mol. The van der Waals surface area contributed by atoms with Gasteiger partial charge in [-0.15, -0.1) is 0 Å². The van der Waals surface area contributed by atoms with Crippen LogP contribution in [0.4, 0.5) is 13.2 Å². The molecule has 1 saturated carbocycles. The number of hydrogen-bond donors (Lipinski definition) is 0. The monoisotopic (exact) mass is 386 g/mol. The molecule has 0 aromatic heterocycles. The third-order valence-electron chi connectivity index (χ3n) is 5.94. The number of allylic oxidation sites excluding steroid dienone is 1. The molecule has 0 aliphatic heterocycles. The van der Waals surface area contributed by atoms with Crippen LogP contribution in [-0.4, -0.2) is 0 Å². The first-order valence-corrected chi connectivity index (χ1v) is 10.5. The molecule has 0 spiro atoms. The van der Waals surface area contributed by atoms with E-state index >= 15 is 0 Å². The third kappa shape index (κ3) is 4.68. The van der Waals surface area contributed by atoms with Crippen molar-refractivity contribution in [3.63, 3.8) is 0 Å². The highest BCUT2D eigenvalue weighted by molar-refractivity contribution is 5.50. The van der Waals surface area contributed by atoms with Crippen LogP contribution in [0.25, 0.3) is 6.08 Å². The van der Waals surface area contributed by atoms with E-state index in [9.17, 15) is 13.2 Å². The summed E-state index contributed by atoms with van der Waals surface area (Å²) in [5.41, 5.74) is 2.60. The minimum Gasteiger partial charge on any atom is -0.207 e. The Hall–Kier alpha value is -2.03. The van der Waals surface area contributed by atoms with Crippen molar-refractivity contribution in [2.45, 2.75) is 64.7 Å². The summed E-state index contributed by atoms with van der Waals surface area (Å²) in [7, 11) is 0. The molecule has 0 bridgehead atoms. The van der Waals surface area contributed by atoms with Crippen LogP contribution < -0.4 is 0 Å². The molecule has 1 fully saturated rings. The number of hydrogen-bond acceptors (Lipinski definition) is 0. The second-order valence-corrected chi connectivity index (χ2v) is 7.87. The van der Waals surface area contributed by atoms with Gasteiger partial charge in [0, 0.05) is 0 Å². The lowest BCUT2D eigenvalue weighted by Crippen LogP contribution is -2.14. The van der Waals surface area contributed by atoms with E-state index in [1.807, 2.05) is 32.1 Å². The zero-order valence-corrected chi connectivity index (χ0v) is 16.8. The molecular weight excluding hydrogens is 357 g/mol. The summed E-state index contributed by atoms with van der Waals surface area (Å²) in [5.74, 6) is -1.01. The van der Waals surface area contributed by atoms with Gasteiger partial charge in [0.25, 0.3) is 0 Å². The molecule has 0 saturated heterocycles. The molecule has 1 aliphatic rings. The Kier molecular flexibility index (Phi) is 6.98. The first-order valence-electron chi connectivity index (χ1n) is 10.5. The second kappa shape index (κ2) is 9.45. The van der Waals surface area contributed by atoms with Crippen molar-refractivity contribution in [2.75, 3.05) is 0 Å². The Morgan fingerprint density at radius 2 is 1.61 bits per heavy atom. The molecular formula is C25H29F3. The Balaban J connectivity index is 1.61. The van der Waals surface area contributed by atoms with Crippen LogP contribution in [-0.2, 0) is 12.8 Å². The van der Waals surface area contributed by atoms with Gasteiger partial charge < -0.3 is 0 Å². The third-order valence-corrected chi connectivity index (χ3v) is 5.94. The molecule has 2 aromatic rings. The van der Waals surface area contributed by atoms with Crippen molar-refractivity contribution >= 4 is 6.08 Å². The van der Waals surface area contributed by atoms with E-state index in [4.69, 9.17) is 0 Å². The van der Waals surface area contributed by atoms with Crippen LogP contribution in [0, 0.1) is 23.4 Å². The average Bonchev–Trinajstić information content (AvgIpc) is 2.71. The molecule has 1 aliphatic carbocycles. The normalized spacial score (nSPS) is 20.0. The van der Waals surface area contributed by atoms with Crippen LogP contribution in [0.1, 0.15) is 74.1 Å². The number of aryl methyl sites for hydroxylation is 2. The van der Waals surface area contributed by atoms with E-state index < -0.39 is 11.6 Å². The van der Waals surface area contributed by atoms with Gasteiger partial charge >= 0.3 is 0 Å². The van der Waals surface area contributed by atoms with Crippen LogP contribution in [0.15, 0.2) is 36.4 Å². The molecule has 0 nitrogen and oxygen atoms in total. The molecule has 3 rings (SSSR count). The Bertz CT molecular complexity index is 830. The fourth-order valence-corrected chi connectivity index (χ4v) is 4.20. The summed E-state index contributed by atoms with van der Waals surface area (Å²) in [6, 6.07) is 8.91. The lowest BCUT2D eigenvalue weighted by molar-refractivity contribution is 0.364. The quantitative estimate of drug-likeness (QED) is 0.479. The Morgan fingerprint density at radius 3 is 2.25 bits per heavy atom. The molecule has 0 unspecified atom stereocenters. The van der Waals surface area contributed by atoms with Gasteiger partial charge in [-0.1, -0.05) is 56.7 Å². The van der Waals surface area contributed by atoms with Crippen molar-refractivity contribution in [3.05, 3.63) is 76.1 Å². The molecule has 150 valence electrons. The molecule has 0 radical (unpaired) electrons. The summed E-state index contributed by atoms with van der Waals surface area (Å²) >= 11 is 0. The van der Waals surface area contributed by atoms with Gasteiger partial charge in [-0.25, -0.2) is 13.2 Å². The first kappa shape index (κ1) is 20.7. The van der Waals surface area contributed by atoms with Crippen LogP contribution in [0.2, 0.25) is 0 Å². The maximum atomic E-state index is 14.4. The number of halogens is 3. The Morgan fingerprint density at radius 1 is 0.893 bits per heavy atom. The van der Waals surface area contributed by atoms with Crippen LogP contribution in [0.5, 0.6) is 0 Å². The predicted octanol–water partition coefficient (Wildman–Crippen LogP) is 7.61.